The van der Waals surface area contributed by atoms with Gasteiger partial charge in [-0.05, 0) is 36.2 Å². The van der Waals surface area contributed by atoms with Crippen molar-refractivity contribution in [2.24, 2.45) is 0 Å². The fourth-order valence-electron chi connectivity index (χ4n) is 3.25. The van der Waals surface area contributed by atoms with Crippen molar-refractivity contribution in [3.63, 3.8) is 0 Å². The first-order chi connectivity index (χ1) is 13.4. The number of aromatic nitrogens is 1. The van der Waals surface area contributed by atoms with E-state index in [9.17, 15) is 13.2 Å². The van der Waals surface area contributed by atoms with Crippen LogP contribution in [0.2, 0.25) is 0 Å². The molecule has 2 aromatic carbocycles. The Balaban J connectivity index is 1.38. The summed E-state index contributed by atoms with van der Waals surface area (Å²) < 4.78 is 25.5. The van der Waals surface area contributed by atoms with Crippen molar-refractivity contribution in [3.8, 4) is 0 Å². The molecule has 1 amide bonds. The van der Waals surface area contributed by atoms with Crippen molar-refractivity contribution < 1.29 is 13.2 Å². The van der Waals surface area contributed by atoms with Gasteiger partial charge in [-0.1, -0.05) is 36.0 Å². The van der Waals surface area contributed by atoms with E-state index in [1.165, 1.54) is 4.70 Å². The zero-order valence-electron chi connectivity index (χ0n) is 15.4. The van der Waals surface area contributed by atoms with Crippen LogP contribution in [0.5, 0.6) is 0 Å². The average Bonchev–Trinajstić information content (AvgIpc) is 3.28. The Labute approximate surface area is 172 Å². The number of amides is 1. The second kappa shape index (κ2) is 7.85. The first kappa shape index (κ1) is 19.4. The quantitative estimate of drug-likeness (QED) is 0.573. The van der Waals surface area contributed by atoms with Crippen LogP contribution in [0.4, 0.5) is 0 Å². The molecule has 1 saturated heterocycles. The number of benzene rings is 2. The number of fused-ring (bicyclic) bond motifs is 1. The van der Waals surface area contributed by atoms with Gasteiger partial charge in [-0.3, -0.25) is 4.79 Å². The summed E-state index contributed by atoms with van der Waals surface area (Å²) in [5, 5.41) is 0. The van der Waals surface area contributed by atoms with Crippen LogP contribution in [0.25, 0.3) is 10.2 Å². The van der Waals surface area contributed by atoms with Gasteiger partial charge in [0.25, 0.3) is 5.91 Å². The lowest BCUT2D eigenvalue weighted by Crippen LogP contribution is -2.37. The molecule has 1 unspecified atom stereocenters. The van der Waals surface area contributed by atoms with Gasteiger partial charge >= 0.3 is 0 Å². The Morgan fingerprint density at radius 3 is 2.64 bits per heavy atom. The Morgan fingerprint density at radius 2 is 1.96 bits per heavy atom. The van der Waals surface area contributed by atoms with Gasteiger partial charge in [0.15, 0.2) is 14.2 Å². The Bertz CT molecular complexity index is 1070. The molecule has 1 atom stereocenters. The summed E-state index contributed by atoms with van der Waals surface area (Å²) in [5.41, 5.74) is 2.72. The molecule has 1 aromatic heterocycles. The largest absolute Gasteiger partial charge is 0.338 e. The summed E-state index contributed by atoms with van der Waals surface area (Å²) in [6.07, 6.45) is 0.515. The van der Waals surface area contributed by atoms with Crippen molar-refractivity contribution in [2.45, 2.75) is 22.6 Å². The molecule has 3 aromatic rings. The average molecular weight is 433 g/mol. The van der Waals surface area contributed by atoms with E-state index in [0.29, 0.717) is 12.0 Å². The van der Waals surface area contributed by atoms with E-state index < -0.39 is 9.84 Å². The fourth-order valence-corrected chi connectivity index (χ4v) is 7.05. The highest BCUT2D eigenvalue weighted by Crippen LogP contribution is 2.31. The van der Waals surface area contributed by atoms with Crippen molar-refractivity contribution in [1.29, 1.82) is 0 Å². The second-order valence-electron chi connectivity index (χ2n) is 6.91. The number of carbonyl (C=O) groups excluding carboxylic acids is 1. The standard InChI is InChI=1S/C20H20N2O3S3/c1-22(16-10-11-28(24,25)13-16)19(23)15-8-6-14(7-9-15)12-26-20-21-17-4-2-3-5-18(17)27-20/h2-9,16H,10-13H2,1H3. The molecule has 28 heavy (non-hydrogen) atoms. The maximum atomic E-state index is 12.7. The van der Waals surface area contributed by atoms with Crippen LogP contribution in [0.1, 0.15) is 22.3 Å². The van der Waals surface area contributed by atoms with Crippen LogP contribution in [-0.2, 0) is 15.6 Å². The molecule has 0 radical (unpaired) electrons. The third-order valence-electron chi connectivity index (χ3n) is 4.91. The minimum Gasteiger partial charge on any atom is -0.338 e. The van der Waals surface area contributed by atoms with Crippen LogP contribution in [0, 0.1) is 0 Å². The number of thiazole rings is 1. The monoisotopic (exact) mass is 432 g/mol. The summed E-state index contributed by atoms with van der Waals surface area (Å²) >= 11 is 3.37. The molecule has 5 nitrogen and oxygen atoms in total. The van der Waals surface area contributed by atoms with E-state index in [2.05, 4.69) is 11.1 Å². The molecule has 146 valence electrons. The molecule has 8 heteroatoms. The SMILES string of the molecule is CN(C(=O)c1ccc(CSc2nc3ccccc3s2)cc1)C1CCS(=O)(=O)C1. The summed E-state index contributed by atoms with van der Waals surface area (Å²) in [6, 6.07) is 15.4. The van der Waals surface area contributed by atoms with Crippen LogP contribution in [0.3, 0.4) is 0 Å². The Morgan fingerprint density at radius 1 is 1.21 bits per heavy atom. The first-order valence-electron chi connectivity index (χ1n) is 8.96. The maximum absolute atomic E-state index is 12.7. The van der Waals surface area contributed by atoms with Gasteiger partial charge < -0.3 is 4.90 Å². The highest BCUT2D eigenvalue weighted by atomic mass is 32.2. The van der Waals surface area contributed by atoms with Gasteiger partial charge in [-0.2, -0.15) is 0 Å². The molecule has 0 spiro atoms. The third-order valence-corrected chi connectivity index (χ3v) is 8.91. The summed E-state index contributed by atoms with van der Waals surface area (Å²) in [5.74, 6) is 0.876. The number of hydrogen-bond donors (Lipinski definition) is 0. The second-order valence-corrected chi connectivity index (χ2v) is 11.4. The summed E-state index contributed by atoms with van der Waals surface area (Å²) in [6.45, 7) is 0. The molecule has 1 aliphatic rings. The lowest BCUT2D eigenvalue weighted by atomic mass is 10.1. The van der Waals surface area contributed by atoms with Crippen LogP contribution in [-0.4, -0.2) is 48.8 Å². The number of carbonyl (C=O) groups is 1. The number of rotatable bonds is 5. The molecule has 4 rings (SSSR count). The normalized spacial score (nSPS) is 18.4. The van der Waals surface area contributed by atoms with Crippen LogP contribution in [0.15, 0.2) is 52.9 Å². The lowest BCUT2D eigenvalue weighted by molar-refractivity contribution is 0.0747. The van der Waals surface area contributed by atoms with Gasteiger partial charge in [-0.15, -0.1) is 11.3 Å². The van der Waals surface area contributed by atoms with Gasteiger partial charge in [0.05, 0.1) is 21.7 Å². The molecule has 0 N–H and O–H groups in total. The highest BCUT2D eigenvalue weighted by Gasteiger charge is 2.32. The zero-order valence-corrected chi connectivity index (χ0v) is 17.8. The van der Waals surface area contributed by atoms with E-state index in [0.717, 1.165) is 21.2 Å². The fraction of sp³-hybridized carbons (Fsp3) is 0.300. The number of para-hydroxylation sites is 1. The molecule has 0 aliphatic carbocycles. The molecule has 0 saturated carbocycles. The summed E-state index contributed by atoms with van der Waals surface area (Å²) in [4.78, 5) is 18.8. The zero-order chi connectivity index (χ0) is 19.7. The minimum absolute atomic E-state index is 0.0616. The number of hydrogen-bond acceptors (Lipinski definition) is 6. The van der Waals surface area contributed by atoms with Crippen molar-refractivity contribution >= 4 is 49.1 Å². The Kier molecular flexibility index (Phi) is 5.44. The number of thioether (sulfide) groups is 1. The number of nitrogens with zero attached hydrogens (tertiary/aromatic N) is 2. The number of sulfone groups is 1. The van der Waals surface area contributed by atoms with Crippen LogP contribution >= 0.6 is 23.1 Å². The van der Waals surface area contributed by atoms with Gasteiger partial charge in [0, 0.05) is 24.4 Å². The highest BCUT2D eigenvalue weighted by molar-refractivity contribution is 8.00. The molecular weight excluding hydrogens is 412 g/mol. The predicted octanol–water partition coefficient (Wildman–Crippen LogP) is 3.85. The maximum Gasteiger partial charge on any atom is 0.253 e. The minimum atomic E-state index is -3.01. The molecule has 2 heterocycles. The van der Waals surface area contributed by atoms with Crippen LogP contribution < -0.4 is 0 Å². The van der Waals surface area contributed by atoms with E-state index in [1.807, 2.05) is 42.5 Å². The molecule has 1 aliphatic heterocycles. The van der Waals surface area contributed by atoms with E-state index in [-0.39, 0.29) is 23.5 Å². The first-order valence-corrected chi connectivity index (χ1v) is 12.6. The van der Waals surface area contributed by atoms with Gasteiger partial charge in [0.2, 0.25) is 0 Å². The predicted molar refractivity (Wildman–Crippen MR) is 115 cm³/mol. The third kappa shape index (κ3) is 4.24. The Hall–Kier alpha value is -1.90. The summed E-state index contributed by atoms with van der Waals surface area (Å²) in [7, 11) is -1.32. The van der Waals surface area contributed by atoms with Crippen molar-refractivity contribution in [2.75, 3.05) is 18.6 Å². The van der Waals surface area contributed by atoms with E-state index >= 15 is 0 Å². The smallest absolute Gasteiger partial charge is 0.253 e. The van der Waals surface area contributed by atoms with Crippen molar-refractivity contribution in [3.05, 3.63) is 59.7 Å². The lowest BCUT2D eigenvalue weighted by Gasteiger charge is -2.23. The van der Waals surface area contributed by atoms with Gasteiger partial charge in [0.1, 0.15) is 0 Å². The molecule has 1 fully saturated rings. The van der Waals surface area contributed by atoms with E-state index in [1.54, 1.807) is 35.0 Å². The molecular formula is C20H20N2O3S3. The van der Waals surface area contributed by atoms with Crippen molar-refractivity contribution in [1.82, 2.24) is 9.88 Å². The van der Waals surface area contributed by atoms with E-state index in [4.69, 9.17) is 0 Å². The topological polar surface area (TPSA) is 67.3 Å². The van der Waals surface area contributed by atoms with Gasteiger partial charge in [-0.25, -0.2) is 13.4 Å². The molecule has 0 bridgehead atoms.